The maximum atomic E-state index is 12.4. The Balaban J connectivity index is 1.68. The molecule has 0 N–H and O–H groups in total. The SMILES string of the molecule is O=C([C@@H]1COc2ccccc2C1)N1CCS(=O)(=O)CC1. The molecule has 0 aromatic heterocycles. The van der Waals surface area contributed by atoms with Crippen molar-refractivity contribution in [2.24, 2.45) is 5.92 Å². The first-order valence-electron chi connectivity index (χ1n) is 6.75. The molecule has 1 aromatic carbocycles. The van der Waals surface area contributed by atoms with Gasteiger partial charge >= 0.3 is 0 Å². The van der Waals surface area contributed by atoms with Crippen molar-refractivity contribution in [2.45, 2.75) is 6.42 Å². The zero-order chi connectivity index (χ0) is 14.2. The van der Waals surface area contributed by atoms with E-state index in [-0.39, 0.29) is 23.3 Å². The number of ether oxygens (including phenoxy) is 1. The Morgan fingerprint density at radius 1 is 1.20 bits per heavy atom. The number of hydrogen-bond acceptors (Lipinski definition) is 4. The lowest BCUT2D eigenvalue weighted by Gasteiger charge is -2.32. The number of amides is 1. The minimum atomic E-state index is -2.95. The monoisotopic (exact) mass is 295 g/mol. The summed E-state index contributed by atoms with van der Waals surface area (Å²) in [7, 11) is -2.95. The van der Waals surface area contributed by atoms with Crippen LogP contribution >= 0.6 is 0 Å². The fraction of sp³-hybridized carbons (Fsp3) is 0.500. The van der Waals surface area contributed by atoms with Gasteiger partial charge in [0.15, 0.2) is 9.84 Å². The summed E-state index contributed by atoms with van der Waals surface area (Å²) >= 11 is 0. The molecule has 0 bridgehead atoms. The summed E-state index contributed by atoms with van der Waals surface area (Å²) in [5.41, 5.74) is 1.04. The van der Waals surface area contributed by atoms with E-state index in [4.69, 9.17) is 4.74 Å². The lowest BCUT2D eigenvalue weighted by atomic mass is 9.95. The van der Waals surface area contributed by atoms with Crippen LogP contribution in [0.2, 0.25) is 0 Å². The van der Waals surface area contributed by atoms with Crippen LogP contribution in [0.3, 0.4) is 0 Å². The minimum absolute atomic E-state index is 0.00871. The predicted octanol–water partition coefficient (Wildman–Crippen LogP) is 0.495. The number of carbonyl (C=O) groups is 1. The van der Waals surface area contributed by atoms with Crippen LogP contribution in [-0.2, 0) is 21.1 Å². The van der Waals surface area contributed by atoms with E-state index in [0.717, 1.165) is 11.3 Å². The van der Waals surface area contributed by atoms with Crippen LogP contribution in [-0.4, -0.2) is 50.4 Å². The third-order valence-corrected chi connectivity index (χ3v) is 5.49. The zero-order valence-corrected chi connectivity index (χ0v) is 11.9. The first kappa shape index (κ1) is 13.4. The maximum absolute atomic E-state index is 12.4. The standard InChI is InChI=1S/C14H17NO4S/c16-14(15-5-7-20(17,18)8-6-15)12-9-11-3-1-2-4-13(11)19-10-12/h1-4,12H,5-10H2/t12-/m0/s1. The number of nitrogens with zero attached hydrogens (tertiary/aromatic N) is 1. The lowest BCUT2D eigenvalue weighted by molar-refractivity contribution is -0.136. The molecule has 0 radical (unpaired) electrons. The third kappa shape index (κ3) is 2.65. The van der Waals surface area contributed by atoms with Crippen LogP contribution in [0.25, 0.3) is 0 Å². The van der Waals surface area contributed by atoms with Crippen molar-refractivity contribution in [2.75, 3.05) is 31.2 Å². The van der Waals surface area contributed by atoms with Crippen molar-refractivity contribution >= 4 is 15.7 Å². The van der Waals surface area contributed by atoms with Gasteiger partial charge in [-0.15, -0.1) is 0 Å². The van der Waals surface area contributed by atoms with E-state index in [1.807, 2.05) is 24.3 Å². The Bertz CT molecular complexity index is 612. The molecule has 2 heterocycles. The van der Waals surface area contributed by atoms with E-state index < -0.39 is 9.84 Å². The molecule has 20 heavy (non-hydrogen) atoms. The second-order valence-corrected chi connectivity index (χ2v) is 7.60. The molecular formula is C14H17NO4S. The smallest absolute Gasteiger partial charge is 0.229 e. The number of carbonyl (C=O) groups excluding carboxylic acids is 1. The molecule has 2 aliphatic rings. The summed E-state index contributed by atoms with van der Waals surface area (Å²) in [6.07, 6.45) is 0.665. The minimum Gasteiger partial charge on any atom is -0.492 e. The van der Waals surface area contributed by atoms with Crippen LogP contribution in [0.5, 0.6) is 5.75 Å². The number of fused-ring (bicyclic) bond motifs is 1. The molecule has 0 unspecified atom stereocenters. The maximum Gasteiger partial charge on any atom is 0.229 e. The van der Waals surface area contributed by atoms with E-state index in [2.05, 4.69) is 0 Å². The van der Waals surface area contributed by atoms with Crippen molar-refractivity contribution in [3.8, 4) is 5.75 Å². The van der Waals surface area contributed by atoms with Crippen LogP contribution in [0.15, 0.2) is 24.3 Å². The van der Waals surface area contributed by atoms with Gasteiger partial charge in [-0.25, -0.2) is 8.42 Å². The average Bonchev–Trinajstić information content (AvgIpc) is 2.46. The highest BCUT2D eigenvalue weighted by Gasteiger charge is 2.32. The van der Waals surface area contributed by atoms with Gasteiger partial charge in [0.05, 0.1) is 17.4 Å². The lowest BCUT2D eigenvalue weighted by Crippen LogP contribution is -2.48. The number of hydrogen-bond donors (Lipinski definition) is 0. The molecule has 0 saturated carbocycles. The highest BCUT2D eigenvalue weighted by Crippen LogP contribution is 2.27. The Labute approximate surface area is 118 Å². The van der Waals surface area contributed by atoms with Gasteiger partial charge in [-0.2, -0.15) is 0 Å². The molecule has 1 saturated heterocycles. The summed E-state index contributed by atoms with van der Waals surface area (Å²) < 4.78 is 28.4. The van der Waals surface area contributed by atoms with Crippen molar-refractivity contribution in [1.82, 2.24) is 4.90 Å². The Hall–Kier alpha value is -1.56. The van der Waals surface area contributed by atoms with Gasteiger partial charge in [0.2, 0.25) is 5.91 Å². The molecule has 1 fully saturated rings. The molecule has 3 rings (SSSR count). The molecule has 2 aliphatic heterocycles. The van der Waals surface area contributed by atoms with Gasteiger partial charge in [-0.3, -0.25) is 4.79 Å². The molecule has 6 heteroatoms. The normalized spacial score (nSPS) is 24.6. The van der Waals surface area contributed by atoms with Crippen LogP contribution in [0.1, 0.15) is 5.56 Å². The third-order valence-electron chi connectivity index (χ3n) is 3.88. The average molecular weight is 295 g/mol. The summed E-state index contributed by atoms with van der Waals surface area (Å²) in [4.78, 5) is 14.1. The van der Waals surface area contributed by atoms with Crippen molar-refractivity contribution < 1.29 is 17.9 Å². The fourth-order valence-corrected chi connectivity index (χ4v) is 3.88. The molecule has 0 aliphatic carbocycles. The Morgan fingerprint density at radius 2 is 1.90 bits per heavy atom. The van der Waals surface area contributed by atoms with E-state index in [1.165, 1.54) is 0 Å². The zero-order valence-electron chi connectivity index (χ0n) is 11.1. The predicted molar refractivity (Wildman–Crippen MR) is 74.4 cm³/mol. The van der Waals surface area contributed by atoms with Gasteiger partial charge in [-0.1, -0.05) is 18.2 Å². The molecule has 0 spiro atoms. The van der Waals surface area contributed by atoms with Gasteiger partial charge in [0, 0.05) is 13.1 Å². The highest BCUT2D eigenvalue weighted by atomic mass is 32.2. The number of para-hydroxylation sites is 1. The van der Waals surface area contributed by atoms with Crippen LogP contribution < -0.4 is 4.74 Å². The van der Waals surface area contributed by atoms with Crippen molar-refractivity contribution in [3.05, 3.63) is 29.8 Å². The van der Waals surface area contributed by atoms with Gasteiger partial charge < -0.3 is 9.64 Å². The van der Waals surface area contributed by atoms with E-state index in [0.29, 0.717) is 26.1 Å². The van der Waals surface area contributed by atoms with Crippen molar-refractivity contribution in [1.29, 1.82) is 0 Å². The molecule has 1 atom stereocenters. The Morgan fingerprint density at radius 3 is 2.65 bits per heavy atom. The van der Waals surface area contributed by atoms with Gasteiger partial charge in [-0.05, 0) is 18.1 Å². The summed E-state index contributed by atoms with van der Waals surface area (Å²) in [5.74, 6) is 0.795. The topological polar surface area (TPSA) is 63.7 Å². The Kier molecular flexibility index (Phi) is 3.41. The number of rotatable bonds is 1. The highest BCUT2D eigenvalue weighted by molar-refractivity contribution is 7.91. The fourth-order valence-electron chi connectivity index (χ4n) is 2.68. The van der Waals surface area contributed by atoms with Gasteiger partial charge in [0.25, 0.3) is 0 Å². The second-order valence-electron chi connectivity index (χ2n) is 5.30. The van der Waals surface area contributed by atoms with Gasteiger partial charge in [0.1, 0.15) is 12.4 Å². The molecule has 108 valence electrons. The van der Waals surface area contributed by atoms with E-state index >= 15 is 0 Å². The number of sulfone groups is 1. The van der Waals surface area contributed by atoms with E-state index in [1.54, 1.807) is 4.90 Å². The first-order valence-corrected chi connectivity index (χ1v) is 8.57. The van der Waals surface area contributed by atoms with Crippen molar-refractivity contribution in [3.63, 3.8) is 0 Å². The summed E-state index contributed by atoms with van der Waals surface area (Å²) in [5, 5.41) is 0. The molecular weight excluding hydrogens is 278 g/mol. The summed E-state index contributed by atoms with van der Waals surface area (Å²) in [6, 6.07) is 7.72. The quantitative estimate of drug-likeness (QED) is 0.756. The molecule has 1 amide bonds. The molecule has 1 aromatic rings. The van der Waals surface area contributed by atoms with Crippen LogP contribution in [0, 0.1) is 5.92 Å². The van der Waals surface area contributed by atoms with Crippen LogP contribution in [0.4, 0.5) is 0 Å². The molecule has 5 nitrogen and oxygen atoms in total. The van der Waals surface area contributed by atoms with E-state index in [9.17, 15) is 13.2 Å². The first-order chi connectivity index (χ1) is 9.55. The number of benzene rings is 1. The summed E-state index contributed by atoms with van der Waals surface area (Å²) in [6.45, 7) is 0.984. The second kappa shape index (κ2) is 5.09. The largest absolute Gasteiger partial charge is 0.492 e.